The molecule has 0 radical (unpaired) electrons. The second kappa shape index (κ2) is 11.4. The van der Waals surface area contributed by atoms with Crippen molar-refractivity contribution in [3.63, 3.8) is 0 Å². The average Bonchev–Trinajstić information content (AvgIpc) is 2.99. The number of thioether (sulfide) groups is 1. The van der Waals surface area contributed by atoms with Crippen molar-refractivity contribution in [3.05, 3.63) is 133 Å². The standard InChI is InChI=1S/C31H26N4O5S/c36-25-8-4-7-24-27(25)26(21-11-15-23(16-12-21)40-17-19-5-2-1-3-6-19)28-29(32-24)33-31(34-30(28)37)41-18-20-9-13-22(14-10-20)35(38)39/h1-3,5-6,9-16,26H,4,7-8,17-18H2,(H2,32,33,34,37). The number of nitrogens with one attached hydrogen (secondary N) is 2. The van der Waals surface area contributed by atoms with Crippen molar-refractivity contribution < 1.29 is 14.5 Å². The summed E-state index contributed by atoms with van der Waals surface area (Å²) in [6.07, 6.45) is 1.89. The number of allylic oxidation sites excluding steroid dienone is 2. The Kier molecular flexibility index (Phi) is 7.39. The van der Waals surface area contributed by atoms with Gasteiger partial charge in [0.05, 0.1) is 10.5 Å². The summed E-state index contributed by atoms with van der Waals surface area (Å²) in [7, 11) is 0. The first-order chi connectivity index (χ1) is 20.0. The number of nitro groups is 1. The number of hydrogen-bond acceptors (Lipinski definition) is 8. The van der Waals surface area contributed by atoms with E-state index in [1.165, 1.54) is 23.9 Å². The summed E-state index contributed by atoms with van der Waals surface area (Å²) in [6.45, 7) is 0.439. The van der Waals surface area contributed by atoms with Crippen LogP contribution >= 0.6 is 11.8 Å². The highest BCUT2D eigenvalue weighted by Crippen LogP contribution is 2.43. The van der Waals surface area contributed by atoms with Gasteiger partial charge in [0.15, 0.2) is 10.9 Å². The maximum atomic E-state index is 13.5. The molecule has 1 aromatic heterocycles. The molecule has 0 spiro atoms. The maximum absolute atomic E-state index is 13.5. The van der Waals surface area contributed by atoms with Crippen LogP contribution in [0.25, 0.3) is 0 Å². The van der Waals surface area contributed by atoms with E-state index in [0.29, 0.717) is 53.1 Å². The van der Waals surface area contributed by atoms with Crippen molar-refractivity contribution >= 4 is 29.1 Å². The Morgan fingerprint density at radius 1 is 0.951 bits per heavy atom. The molecule has 0 amide bonds. The molecular formula is C31H26N4O5S. The predicted molar refractivity (Wildman–Crippen MR) is 156 cm³/mol. The van der Waals surface area contributed by atoms with Crippen LogP contribution in [0.3, 0.4) is 0 Å². The van der Waals surface area contributed by atoms with Crippen molar-refractivity contribution in [2.45, 2.75) is 42.7 Å². The number of fused-ring (bicyclic) bond motifs is 1. The van der Waals surface area contributed by atoms with Crippen LogP contribution < -0.4 is 15.6 Å². The molecule has 0 bridgehead atoms. The third kappa shape index (κ3) is 5.64. The van der Waals surface area contributed by atoms with Gasteiger partial charge in [0, 0.05) is 41.5 Å². The minimum Gasteiger partial charge on any atom is -0.489 e. The molecule has 1 unspecified atom stereocenters. The summed E-state index contributed by atoms with van der Waals surface area (Å²) in [5, 5.41) is 14.6. The van der Waals surface area contributed by atoms with Gasteiger partial charge in [-0.25, -0.2) is 4.98 Å². The zero-order valence-electron chi connectivity index (χ0n) is 22.0. The third-order valence-corrected chi connectivity index (χ3v) is 8.17. The molecule has 10 heteroatoms. The van der Waals surface area contributed by atoms with Crippen LogP contribution in [0.1, 0.15) is 47.4 Å². The number of carbonyl (C=O) groups excluding carboxylic acids is 1. The number of ketones is 1. The van der Waals surface area contributed by atoms with Gasteiger partial charge >= 0.3 is 0 Å². The van der Waals surface area contributed by atoms with Crippen molar-refractivity contribution in [2.75, 3.05) is 5.32 Å². The van der Waals surface area contributed by atoms with Gasteiger partial charge in [-0.05, 0) is 41.7 Å². The molecule has 0 saturated carbocycles. The molecule has 206 valence electrons. The molecule has 41 heavy (non-hydrogen) atoms. The molecule has 4 aromatic rings. The van der Waals surface area contributed by atoms with Crippen LogP contribution in [0, 0.1) is 10.1 Å². The Bertz CT molecular complexity index is 1700. The van der Waals surface area contributed by atoms with E-state index in [4.69, 9.17) is 9.72 Å². The second-order valence-electron chi connectivity index (χ2n) is 9.92. The van der Waals surface area contributed by atoms with Gasteiger partial charge in [0.1, 0.15) is 18.2 Å². The van der Waals surface area contributed by atoms with Crippen LogP contribution in [0.15, 0.2) is 100 Å². The number of anilines is 1. The SMILES string of the molecule is O=C1CCCC2=C1C(c1ccc(OCc3ccccc3)cc1)c1c(nc(SCc3ccc([N+](=O)[O-])cc3)[nH]c1=O)N2. The Labute approximate surface area is 239 Å². The number of aromatic amines is 1. The zero-order chi connectivity index (χ0) is 28.3. The maximum Gasteiger partial charge on any atom is 0.269 e. The summed E-state index contributed by atoms with van der Waals surface area (Å²) in [5.41, 5.74) is 4.31. The quantitative estimate of drug-likeness (QED) is 0.113. The highest BCUT2D eigenvalue weighted by atomic mass is 32.2. The molecule has 1 aliphatic heterocycles. The van der Waals surface area contributed by atoms with E-state index < -0.39 is 10.8 Å². The fraction of sp³-hybridized carbons (Fsp3) is 0.194. The van der Waals surface area contributed by atoms with Crippen LogP contribution in [-0.4, -0.2) is 20.7 Å². The molecule has 6 rings (SSSR count). The highest BCUT2D eigenvalue weighted by Gasteiger charge is 2.37. The molecule has 9 nitrogen and oxygen atoms in total. The van der Waals surface area contributed by atoms with Gasteiger partial charge in [-0.2, -0.15) is 0 Å². The highest BCUT2D eigenvalue weighted by molar-refractivity contribution is 7.98. The molecule has 1 aliphatic carbocycles. The molecule has 0 saturated heterocycles. The van der Waals surface area contributed by atoms with Gasteiger partial charge in [-0.15, -0.1) is 0 Å². The second-order valence-corrected chi connectivity index (χ2v) is 10.9. The Balaban J connectivity index is 1.28. The predicted octanol–water partition coefficient (Wildman–Crippen LogP) is 6.11. The molecule has 0 fully saturated rings. The van der Waals surface area contributed by atoms with E-state index in [1.54, 1.807) is 12.1 Å². The number of rotatable bonds is 8. The van der Waals surface area contributed by atoms with E-state index in [0.717, 1.165) is 28.8 Å². The molecular weight excluding hydrogens is 540 g/mol. The van der Waals surface area contributed by atoms with E-state index in [-0.39, 0.29) is 17.0 Å². The monoisotopic (exact) mass is 566 g/mol. The van der Waals surface area contributed by atoms with E-state index in [9.17, 15) is 19.7 Å². The smallest absolute Gasteiger partial charge is 0.269 e. The van der Waals surface area contributed by atoms with Crippen LogP contribution in [0.5, 0.6) is 5.75 Å². The number of Topliss-reactive ketones (excluding diaryl/α,β-unsaturated/α-hetero) is 1. The number of H-pyrrole nitrogens is 1. The summed E-state index contributed by atoms with van der Waals surface area (Å²) >= 11 is 1.33. The first kappa shape index (κ1) is 26.5. The van der Waals surface area contributed by atoms with Crippen LogP contribution in [0.4, 0.5) is 11.5 Å². The number of benzene rings is 3. The lowest BCUT2D eigenvalue weighted by Crippen LogP contribution is -2.32. The third-order valence-electron chi connectivity index (χ3n) is 7.22. The van der Waals surface area contributed by atoms with Gasteiger partial charge in [-0.1, -0.05) is 66.4 Å². The zero-order valence-corrected chi connectivity index (χ0v) is 22.8. The van der Waals surface area contributed by atoms with Gasteiger partial charge in [0.25, 0.3) is 11.2 Å². The number of nitro benzene ring substituents is 1. The Hall–Kier alpha value is -4.70. The van der Waals surface area contributed by atoms with Crippen LogP contribution in [-0.2, 0) is 17.2 Å². The lowest BCUT2D eigenvalue weighted by atomic mass is 9.76. The fourth-order valence-electron chi connectivity index (χ4n) is 5.21. The van der Waals surface area contributed by atoms with Crippen molar-refractivity contribution in [3.8, 4) is 5.75 Å². The van der Waals surface area contributed by atoms with Gasteiger partial charge in [-0.3, -0.25) is 19.7 Å². The molecule has 2 aliphatic rings. The summed E-state index contributed by atoms with van der Waals surface area (Å²) in [4.78, 5) is 44.8. The van der Waals surface area contributed by atoms with E-state index in [1.807, 2.05) is 54.6 Å². The van der Waals surface area contributed by atoms with Crippen molar-refractivity contribution in [1.82, 2.24) is 9.97 Å². The first-order valence-corrected chi connectivity index (χ1v) is 14.2. The lowest BCUT2D eigenvalue weighted by Gasteiger charge is -2.32. The fourth-order valence-corrected chi connectivity index (χ4v) is 6.02. The normalized spacial score (nSPS) is 16.0. The topological polar surface area (TPSA) is 127 Å². The van der Waals surface area contributed by atoms with Crippen molar-refractivity contribution in [1.29, 1.82) is 0 Å². The van der Waals surface area contributed by atoms with E-state index in [2.05, 4.69) is 10.3 Å². The van der Waals surface area contributed by atoms with E-state index >= 15 is 0 Å². The van der Waals surface area contributed by atoms with Crippen molar-refractivity contribution in [2.24, 2.45) is 0 Å². The first-order valence-electron chi connectivity index (χ1n) is 13.3. The number of aromatic nitrogens is 2. The van der Waals surface area contributed by atoms with Crippen LogP contribution in [0.2, 0.25) is 0 Å². The summed E-state index contributed by atoms with van der Waals surface area (Å²) in [5.74, 6) is 1.11. The molecule has 2 heterocycles. The van der Waals surface area contributed by atoms with Gasteiger partial charge in [0.2, 0.25) is 0 Å². The summed E-state index contributed by atoms with van der Waals surface area (Å²) in [6, 6.07) is 23.7. The minimum atomic E-state index is -0.540. The summed E-state index contributed by atoms with van der Waals surface area (Å²) < 4.78 is 5.95. The minimum absolute atomic E-state index is 0.0243. The molecule has 1 atom stereocenters. The van der Waals surface area contributed by atoms with Gasteiger partial charge < -0.3 is 15.0 Å². The number of carbonyl (C=O) groups is 1. The Morgan fingerprint density at radius 3 is 2.44 bits per heavy atom. The molecule has 2 N–H and O–H groups in total. The number of ether oxygens (including phenoxy) is 1. The number of non-ortho nitro benzene ring substituents is 1. The lowest BCUT2D eigenvalue weighted by molar-refractivity contribution is -0.384. The molecule has 3 aromatic carbocycles. The largest absolute Gasteiger partial charge is 0.489 e. The Morgan fingerprint density at radius 2 is 1.71 bits per heavy atom. The number of nitrogens with zero attached hydrogens (tertiary/aromatic N) is 2. The number of hydrogen-bond donors (Lipinski definition) is 2. The average molecular weight is 567 g/mol.